The first kappa shape index (κ1) is 33.8. The van der Waals surface area contributed by atoms with E-state index in [0.717, 1.165) is 29.5 Å². The van der Waals surface area contributed by atoms with E-state index in [9.17, 15) is 23.2 Å². The Labute approximate surface area is 278 Å². The van der Waals surface area contributed by atoms with Crippen LogP contribution in [0.4, 0.5) is 0 Å². The number of sulfonamides is 1. The first-order chi connectivity index (χ1) is 21.9. The Hall–Kier alpha value is -3.58. The molecular formula is C32H35Cl2N3O8S. The van der Waals surface area contributed by atoms with Gasteiger partial charge in [0.05, 0.1) is 18.6 Å². The number of aromatic nitrogens is 1. The van der Waals surface area contributed by atoms with Crippen LogP contribution in [0, 0.1) is 11.1 Å². The number of nitrogens with zero attached hydrogens (tertiary/aromatic N) is 3. The summed E-state index contributed by atoms with van der Waals surface area (Å²) in [7, 11) is 0.505. The van der Waals surface area contributed by atoms with Gasteiger partial charge in [-0.25, -0.2) is 8.42 Å². The van der Waals surface area contributed by atoms with Crippen molar-refractivity contribution in [3.63, 3.8) is 0 Å². The molecule has 1 saturated carbocycles. The van der Waals surface area contributed by atoms with Crippen LogP contribution >= 0.6 is 23.2 Å². The highest BCUT2D eigenvalue weighted by Gasteiger charge is 2.41. The molecule has 2 fully saturated rings. The molecule has 0 N–H and O–H groups in total. The second-order valence-electron chi connectivity index (χ2n) is 11.6. The summed E-state index contributed by atoms with van der Waals surface area (Å²) in [4.78, 5) is 27.6. The van der Waals surface area contributed by atoms with Crippen molar-refractivity contribution in [3.8, 4) is 11.5 Å². The highest BCUT2D eigenvalue weighted by atomic mass is 35.5. The summed E-state index contributed by atoms with van der Waals surface area (Å²) >= 11 is 12.8. The van der Waals surface area contributed by atoms with Crippen molar-refractivity contribution in [1.82, 2.24) is 9.21 Å². The molecule has 46 heavy (non-hydrogen) atoms. The summed E-state index contributed by atoms with van der Waals surface area (Å²) in [5.41, 5.74) is 1.12. The molecule has 1 aliphatic carbocycles. The number of ether oxygens (including phenoxy) is 3. The number of esters is 1. The van der Waals surface area contributed by atoms with Gasteiger partial charge in [0.15, 0.2) is 23.9 Å². The number of carbonyl (C=O) groups is 2. The van der Waals surface area contributed by atoms with Crippen molar-refractivity contribution < 1.29 is 36.9 Å². The Kier molecular flexibility index (Phi) is 10.3. The molecule has 0 bridgehead atoms. The number of hydrogen-bond donors (Lipinski definition) is 0. The SMILES string of the molecule is COc1ccc(C(Cc2c(Cl)c[n+]([O-])cc2Cl)OC(=O)C2CCCN2S(=O)(=O)c2cccc(C(=O)N(C)C)c2)cc1OCC1CC1. The van der Waals surface area contributed by atoms with Crippen molar-refractivity contribution >= 4 is 45.1 Å². The third-order valence-electron chi connectivity index (χ3n) is 8.01. The van der Waals surface area contributed by atoms with Gasteiger partial charge in [0.25, 0.3) is 5.91 Å². The predicted octanol–water partition coefficient (Wildman–Crippen LogP) is 4.81. The van der Waals surface area contributed by atoms with Crippen LogP contribution in [0.2, 0.25) is 10.0 Å². The number of hydrogen-bond acceptors (Lipinski definition) is 8. The number of benzene rings is 2. The molecule has 2 atom stereocenters. The maximum Gasteiger partial charge on any atom is 0.325 e. The third kappa shape index (κ3) is 7.52. The number of halogens is 2. The van der Waals surface area contributed by atoms with Gasteiger partial charge in [-0.15, -0.1) is 0 Å². The van der Waals surface area contributed by atoms with Crippen LogP contribution in [0.25, 0.3) is 0 Å². The van der Waals surface area contributed by atoms with Gasteiger partial charge < -0.3 is 24.3 Å². The van der Waals surface area contributed by atoms with E-state index < -0.39 is 28.1 Å². The molecule has 5 rings (SSSR count). The highest BCUT2D eigenvalue weighted by Crippen LogP contribution is 2.38. The topological polar surface area (TPSA) is 129 Å². The summed E-state index contributed by atoms with van der Waals surface area (Å²) in [6.45, 7) is 0.612. The van der Waals surface area contributed by atoms with E-state index in [4.69, 9.17) is 37.4 Å². The lowest BCUT2D eigenvalue weighted by atomic mass is 10.0. The van der Waals surface area contributed by atoms with Gasteiger partial charge in [-0.1, -0.05) is 35.3 Å². The molecule has 2 heterocycles. The number of carbonyl (C=O) groups excluding carboxylic acids is 2. The Balaban J connectivity index is 1.45. The monoisotopic (exact) mass is 691 g/mol. The molecule has 2 unspecified atom stereocenters. The Morgan fingerprint density at radius 3 is 2.43 bits per heavy atom. The molecule has 0 radical (unpaired) electrons. The Morgan fingerprint density at radius 1 is 1.07 bits per heavy atom. The summed E-state index contributed by atoms with van der Waals surface area (Å²) in [6.07, 6.45) is 4.16. The maximum atomic E-state index is 13.9. The third-order valence-corrected chi connectivity index (χ3v) is 10.6. The smallest absolute Gasteiger partial charge is 0.325 e. The quantitative estimate of drug-likeness (QED) is 0.150. The van der Waals surface area contributed by atoms with E-state index in [2.05, 4.69) is 0 Å². The lowest BCUT2D eigenvalue weighted by molar-refractivity contribution is -0.605. The second kappa shape index (κ2) is 14.0. The fourth-order valence-electron chi connectivity index (χ4n) is 5.30. The molecule has 1 amide bonds. The number of rotatable bonds is 12. The zero-order valence-corrected chi connectivity index (χ0v) is 28.0. The Bertz CT molecular complexity index is 1710. The molecule has 0 spiro atoms. The van der Waals surface area contributed by atoms with E-state index in [-0.39, 0.29) is 45.8 Å². The van der Waals surface area contributed by atoms with Gasteiger partial charge in [-0.2, -0.15) is 9.04 Å². The summed E-state index contributed by atoms with van der Waals surface area (Å²) in [5, 5.41) is 12.1. The van der Waals surface area contributed by atoms with E-state index >= 15 is 0 Å². The predicted molar refractivity (Wildman–Crippen MR) is 171 cm³/mol. The normalized spacial score (nSPS) is 17.4. The van der Waals surface area contributed by atoms with Crippen LogP contribution in [0.15, 0.2) is 59.8 Å². The molecule has 2 aliphatic rings. The van der Waals surface area contributed by atoms with E-state index in [1.807, 2.05) is 0 Å². The summed E-state index contributed by atoms with van der Waals surface area (Å²) in [6, 6.07) is 9.75. The molecule has 14 heteroatoms. The lowest BCUT2D eigenvalue weighted by Crippen LogP contribution is -2.42. The molecule has 246 valence electrons. The number of pyridine rings is 1. The van der Waals surface area contributed by atoms with Gasteiger partial charge in [-0.3, -0.25) is 9.59 Å². The van der Waals surface area contributed by atoms with Crippen molar-refractivity contribution in [2.45, 2.75) is 49.1 Å². The van der Waals surface area contributed by atoms with Crippen LogP contribution < -0.4 is 14.2 Å². The number of amides is 1. The largest absolute Gasteiger partial charge is 0.619 e. The van der Waals surface area contributed by atoms with Gasteiger partial charge in [0.2, 0.25) is 10.0 Å². The average molecular weight is 693 g/mol. The van der Waals surface area contributed by atoms with Crippen molar-refractivity contribution in [2.24, 2.45) is 5.92 Å². The van der Waals surface area contributed by atoms with Gasteiger partial charge in [0.1, 0.15) is 22.2 Å². The highest BCUT2D eigenvalue weighted by molar-refractivity contribution is 7.89. The molecule has 2 aromatic carbocycles. The molecule has 1 aromatic heterocycles. The van der Waals surface area contributed by atoms with Crippen molar-refractivity contribution in [1.29, 1.82) is 0 Å². The van der Waals surface area contributed by atoms with Crippen LogP contribution in [0.3, 0.4) is 0 Å². The van der Waals surface area contributed by atoms with E-state index in [1.54, 1.807) is 32.3 Å². The number of methoxy groups -OCH3 is 1. The fourth-order valence-corrected chi connectivity index (χ4v) is 7.59. The average Bonchev–Trinajstić information content (AvgIpc) is 3.72. The van der Waals surface area contributed by atoms with Gasteiger partial charge >= 0.3 is 5.97 Å². The summed E-state index contributed by atoms with van der Waals surface area (Å²) in [5.74, 6) is 0.330. The van der Waals surface area contributed by atoms with Crippen LogP contribution in [0.5, 0.6) is 11.5 Å². The van der Waals surface area contributed by atoms with Gasteiger partial charge in [-0.05, 0) is 67.5 Å². The van der Waals surface area contributed by atoms with E-state index in [1.165, 1.54) is 36.3 Å². The van der Waals surface area contributed by atoms with Crippen molar-refractivity contribution in [2.75, 3.05) is 34.4 Å². The molecule has 11 nitrogen and oxygen atoms in total. The summed E-state index contributed by atoms with van der Waals surface area (Å²) < 4.78 is 46.8. The Morgan fingerprint density at radius 2 is 1.78 bits per heavy atom. The van der Waals surface area contributed by atoms with Crippen LogP contribution in [-0.2, 0) is 26.0 Å². The fraction of sp³-hybridized carbons (Fsp3) is 0.406. The minimum Gasteiger partial charge on any atom is -0.619 e. The molecule has 1 aliphatic heterocycles. The van der Waals surface area contributed by atoms with Crippen LogP contribution in [0.1, 0.15) is 53.3 Å². The second-order valence-corrected chi connectivity index (χ2v) is 14.3. The standard InChI is InChI=1S/C32H35Cl2N3O8S/c1-35(2)31(38)22-6-4-7-23(14-22)46(41,42)37-13-5-8-27(37)32(39)45-29(16-24-25(33)17-36(40)18-26(24)34)21-11-12-28(43-3)30(15-21)44-19-20-9-10-20/h4,6-7,11-12,14-15,17-18,20,27,29H,5,8-10,13,16,19H2,1-3H3. The maximum absolute atomic E-state index is 13.9. The molecular weight excluding hydrogens is 657 g/mol. The van der Waals surface area contributed by atoms with Crippen LogP contribution in [-0.4, -0.2) is 69.9 Å². The molecule has 3 aromatic rings. The van der Waals surface area contributed by atoms with Crippen molar-refractivity contribution in [3.05, 3.63) is 86.8 Å². The zero-order valence-electron chi connectivity index (χ0n) is 25.6. The molecule has 1 saturated heterocycles. The first-order valence-corrected chi connectivity index (χ1v) is 17.0. The lowest BCUT2D eigenvalue weighted by Gasteiger charge is -2.26. The minimum absolute atomic E-state index is 0.00714. The first-order valence-electron chi connectivity index (χ1n) is 14.8. The van der Waals surface area contributed by atoms with Gasteiger partial charge in [0, 0.05) is 38.2 Å². The minimum atomic E-state index is -4.17. The van der Waals surface area contributed by atoms with E-state index in [0.29, 0.717) is 46.3 Å². The zero-order chi connectivity index (χ0) is 33.2.